The summed E-state index contributed by atoms with van der Waals surface area (Å²) in [4.78, 5) is 0. The zero-order valence-electron chi connectivity index (χ0n) is 21.9. The second-order valence-electron chi connectivity index (χ2n) is 10.7. The lowest BCUT2D eigenvalue weighted by Gasteiger charge is -2.40. The van der Waals surface area contributed by atoms with Crippen molar-refractivity contribution >= 4 is 8.41 Å². The van der Waals surface area contributed by atoms with Crippen molar-refractivity contribution in [3.8, 4) is 11.5 Å². The van der Waals surface area contributed by atoms with Gasteiger partial charge in [0, 0.05) is 6.54 Å². The third kappa shape index (κ3) is 12.5. The summed E-state index contributed by atoms with van der Waals surface area (Å²) in [7, 11) is -3.27. The highest BCUT2D eigenvalue weighted by Crippen LogP contribution is 2.51. The van der Waals surface area contributed by atoms with Gasteiger partial charge in [0.2, 0.25) is 0 Å². The summed E-state index contributed by atoms with van der Waals surface area (Å²) < 4.78 is 38.1. The maximum Gasteiger partial charge on any atom is 0.333 e. The monoisotopic (exact) mass is 485 g/mol. The Bertz CT molecular complexity index is 590. The van der Waals surface area contributed by atoms with Crippen LogP contribution in [0.4, 0.5) is 4.11 Å². The van der Waals surface area contributed by atoms with Gasteiger partial charge in [0.1, 0.15) is 6.61 Å². The van der Waals surface area contributed by atoms with Crippen LogP contribution in [0.2, 0.25) is 10.1 Å². The fraction of sp³-hybridized carbons (Fsp3) is 0.846. The predicted molar refractivity (Wildman–Crippen MR) is 136 cm³/mol. The first-order valence-electron chi connectivity index (χ1n) is 12.5. The lowest BCUT2D eigenvalue weighted by atomic mass is 10.0. The van der Waals surface area contributed by atoms with Crippen LogP contribution in [0.15, 0.2) is 12.2 Å². The van der Waals surface area contributed by atoms with Crippen molar-refractivity contribution in [3.63, 3.8) is 0 Å². The van der Waals surface area contributed by atoms with Crippen LogP contribution in [0.25, 0.3) is 0 Å². The van der Waals surface area contributed by atoms with Gasteiger partial charge in [-0.1, -0.05) is 65.2 Å². The zero-order chi connectivity index (χ0) is 24.6. The van der Waals surface area contributed by atoms with E-state index in [9.17, 15) is 0 Å². The van der Waals surface area contributed by atoms with E-state index in [1.807, 2.05) is 41.5 Å². The quantitative estimate of drug-likeness (QED) is 0.0926. The van der Waals surface area contributed by atoms with E-state index in [2.05, 4.69) is 28.9 Å². The van der Waals surface area contributed by atoms with Crippen molar-refractivity contribution < 1.29 is 23.1 Å². The van der Waals surface area contributed by atoms with Crippen molar-refractivity contribution in [1.82, 2.24) is 5.32 Å². The Labute approximate surface area is 203 Å². The number of allylic oxidation sites excluding steroid dienone is 2. The Morgan fingerprint density at radius 2 is 1.52 bits per heavy atom. The van der Waals surface area contributed by atoms with Crippen LogP contribution >= 0.6 is 0 Å². The van der Waals surface area contributed by atoms with Gasteiger partial charge in [-0.05, 0) is 42.2 Å². The molecule has 1 aliphatic rings. The molecule has 0 aromatic heterocycles. The molecule has 0 saturated heterocycles. The average Bonchev–Trinajstić information content (AvgIpc) is 2.70. The van der Waals surface area contributed by atoms with Crippen molar-refractivity contribution in [2.75, 3.05) is 52.9 Å². The van der Waals surface area contributed by atoms with Crippen LogP contribution in [0.1, 0.15) is 73.6 Å². The van der Waals surface area contributed by atoms with E-state index >= 15 is 4.11 Å². The molecule has 1 rings (SSSR count). The molecule has 7 heteroatoms. The second-order valence-corrected chi connectivity index (χ2v) is 15.2. The summed E-state index contributed by atoms with van der Waals surface area (Å²) in [6.45, 7) is 15.8. The van der Waals surface area contributed by atoms with Gasteiger partial charge in [0.15, 0.2) is 0 Å². The van der Waals surface area contributed by atoms with E-state index in [1.54, 1.807) is 0 Å². The van der Waals surface area contributed by atoms with E-state index in [4.69, 9.17) is 18.9 Å². The Kier molecular flexibility index (Phi) is 14.7. The van der Waals surface area contributed by atoms with Crippen LogP contribution in [0.3, 0.4) is 0 Å². The number of rotatable bonds is 13. The molecule has 0 spiro atoms. The van der Waals surface area contributed by atoms with Gasteiger partial charge in [0.05, 0.1) is 45.9 Å². The summed E-state index contributed by atoms with van der Waals surface area (Å²) in [5, 5.41) is 2.36. The van der Waals surface area contributed by atoms with Crippen LogP contribution < -0.4 is 5.32 Å². The average molecular weight is 486 g/mol. The summed E-state index contributed by atoms with van der Waals surface area (Å²) in [6, 6.07) is 0. The smallest absolute Gasteiger partial charge is 0.333 e. The van der Waals surface area contributed by atoms with Crippen LogP contribution in [0, 0.1) is 11.5 Å². The van der Waals surface area contributed by atoms with Gasteiger partial charge < -0.3 is 18.9 Å². The van der Waals surface area contributed by atoms with Crippen molar-refractivity contribution in [2.24, 2.45) is 0 Å². The molecule has 0 aromatic rings. The molecule has 0 saturated carbocycles. The van der Waals surface area contributed by atoms with Gasteiger partial charge >= 0.3 is 8.41 Å². The van der Waals surface area contributed by atoms with Crippen molar-refractivity contribution in [2.45, 2.75) is 89.8 Å². The zero-order valence-corrected chi connectivity index (χ0v) is 22.9. The van der Waals surface area contributed by atoms with Gasteiger partial charge in [-0.15, -0.1) is 0 Å². The van der Waals surface area contributed by atoms with Crippen molar-refractivity contribution in [1.29, 1.82) is 0 Å². The minimum atomic E-state index is -3.27. The first kappa shape index (κ1) is 30.3. The summed E-state index contributed by atoms with van der Waals surface area (Å²) in [5.41, 5.74) is 2.96. The molecule has 1 atom stereocenters. The Morgan fingerprint density at radius 3 is 2.21 bits per heavy atom. The van der Waals surface area contributed by atoms with Crippen LogP contribution in [-0.2, 0) is 18.9 Å². The summed E-state index contributed by atoms with van der Waals surface area (Å²) >= 11 is 0. The molecule has 0 amide bonds. The first-order chi connectivity index (χ1) is 15.6. The maximum absolute atomic E-state index is 15.6. The number of hydrogen-bond donors (Lipinski definition) is 1. The fourth-order valence-corrected chi connectivity index (χ4v) is 7.24. The highest BCUT2D eigenvalue weighted by Gasteiger charge is 2.54. The predicted octanol–water partition coefficient (Wildman–Crippen LogP) is 5.55. The van der Waals surface area contributed by atoms with E-state index < -0.39 is 18.5 Å². The molecule has 0 aromatic carbocycles. The van der Waals surface area contributed by atoms with Gasteiger partial charge in [-0.25, -0.2) is 0 Å². The Balaban J connectivity index is 1.97. The van der Waals surface area contributed by atoms with E-state index in [-0.39, 0.29) is 6.61 Å². The molecular weight excluding hydrogens is 437 g/mol. The molecule has 0 fully saturated rings. The van der Waals surface area contributed by atoms with E-state index in [1.165, 1.54) is 12.8 Å². The fourth-order valence-electron chi connectivity index (χ4n) is 3.93. The van der Waals surface area contributed by atoms with Crippen molar-refractivity contribution in [3.05, 3.63) is 12.2 Å². The molecule has 33 heavy (non-hydrogen) atoms. The Morgan fingerprint density at radius 1 is 0.879 bits per heavy atom. The molecule has 0 unspecified atom stereocenters. The topological polar surface area (TPSA) is 49.0 Å². The highest BCUT2D eigenvalue weighted by molar-refractivity contribution is 6.86. The highest BCUT2D eigenvalue weighted by atomic mass is 28.4. The number of hydrogen-bond acceptors (Lipinski definition) is 5. The minimum absolute atomic E-state index is 0.230. The molecule has 0 aliphatic heterocycles. The maximum atomic E-state index is 15.6. The second kappa shape index (κ2) is 16.0. The number of halogens is 1. The van der Waals surface area contributed by atoms with Gasteiger partial charge in [-0.2, -0.15) is 0 Å². The summed E-state index contributed by atoms with van der Waals surface area (Å²) in [6.07, 6.45) is 10.7. The minimum Gasteiger partial charge on any atom is -0.377 e. The SMILES string of the molecule is CC(C)(C)[Si](F)(C#CCOCCOCCOCNCCO[C@H]1CC/C=C/CCC1)C(C)(C)C. The molecule has 0 radical (unpaired) electrons. The third-order valence-corrected chi connectivity index (χ3v) is 10.5. The third-order valence-electron chi connectivity index (χ3n) is 5.80. The van der Waals surface area contributed by atoms with Gasteiger partial charge in [-0.3, -0.25) is 9.42 Å². The number of nitrogens with one attached hydrogen (secondary N) is 1. The standard InChI is InChI=1S/C26H48FNO4Si/c1-25(2,3)33(27,26(4,5)6)22-12-16-29-18-19-30-20-21-31-23-28-15-17-32-24-13-10-8-7-9-11-14-24/h7-8,24,28H,9-11,13-21,23H2,1-6H3/b8-7+/t24-/m0/s1. The van der Waals surface area contributed by atoms with Crippen LogP contribution in [-0.4, -0.2) is 67.4 Å². The summed E-state index contributed by atoms with van der Waals surface area (Å²) in [5.74, 6) is 2.91. The molecule has 192 valence electrons. The van der Waals surface area contributed by atoms with E-state index in [0.29, 0.717) is 45.9 Å². The van der Waals surface area contributed by atoms with Gasteiger partial charge in [0.25, 0.3) is 0 Å². The molecule has 1 aliphatic carbocycles. The molecule has 5 nitrogen and oxygen atoms in total. The molecule has 1 N–H and O–H groups in total. The lowest BCUT2D eigenvalue weighted by molar-refractivity contribution is 0.0104. The first-order valence-corrected chi connectivity index (χ1v) is 14.4. The van der Waals surface area contributed by atoms with Crippen LogP contribution in [0.5, 0.6) is 0 Å². The lowest BCUT2D eigenvalue weighted by Crippen LogP contribution is -2.47. The van der Waals surface area contributed by atoms with E-state index in [0.717, 1.165) is 25.8 Å². The molecular formula is C26H48FNO4Si. The number of ether oxygens (including phenoxy) is 4. The Hall–Kier alpha value is -0.753. The molecule has 0 bridgehead atoms. The largest absolute Gasteiger partial charge is 0.377 e. The normalized spacial score (nSPS) is 18.8. The molecule has 0 heterocycles.